The molecule has 0 unspecified atom stereocenters. The average molecular weight is 386 g/mol. The van der Waals surface area contributed by atoms with Gasteiger partial charge in [-0.15, -0.1) is 0 Å². The van der Waals surface area contributed by atoms with Crippen LogP contribution in [0.25, 0.3) is 11.0 Å². The van der Waals surface area contributed by atoms with Gasteiger partial charge in [0.2, 0.25) is 0 Å². The fourth-order valence-electron chi connectivity index (χ4n) is 2.56. The lowest BCUT2D eigenvalue weighted by atomic mass is 10.1. The van der Waals surface area contributed by atoms with Crippen molar-refractivity contribution < 1.29 is 18.7 Å². The van der Waals surface area contributed by atoms with Gasteiger partial charge in [-0.1, -0.05) is 17.7 Å². The summed E-state index contributed by atoms with van der Waals surface area (Å²) in [6.45, 7) is 1.42. The summed E-state index contributed by atoms with van der Waals surface area (Å²) in [6.07, 6.45) is 0. The third kappa shape index (κ3) is 4.17. The summed E-state index contributed by atoms with van der Waals surface area (Å²) in [7, 11) is 1.56. The van der Waals surface area contributed by atoms with Gasteiger partial charge in [0.15, 0.2) is 0 Å². The van der Waals surface area contributed by atoms with Gasteiger partial charge in [0.1, 0.15) is 17.8 Å². The molecule has 3 aromatic rings. The van der Waals surface area contributed by atoms with Gasteiger partial charge >= 0.3 is 11.6 Å². The van der Waals surface area contributed by atoms with E-state index in [-0.39, 0.29) is 12.2 Å². The molecule has 0 saturated carbocycles. The monoisotopic (exact) mass is 385 g/mol. The molecule has 0 atom stereocenters. The molecule has 0 saturated heterocycles. The normalized spacial score (nSPS) is 10.6. The molecular weight excluding hydrogens is 370 g/mol. The molecule has 3 rings (SSSR count). The van der Waals surface area contributed by atoms with Crippen LogP contribution in [0.1, 0.15) is 22.8 Å². The molecule has 7 heteroatoms. The van der Waals surface area contributed by atoms with Crippen molar-refractivity contribution in [2.24, 2.45) is 0 Å². The summed E-state index contributed by atoms with van der Waals surface area (Å²) in [5.74, 6) is -0.895. The molecule has 0 aliphatic heterocycles. The molecule has 0 fully saturated rings. The zero-order chi connectivity index (χ0) is 19.6. The Kier molecular flexibility index (Phi) is 5.28. The number of carbonyl (C=O) groups excluding carboxylic acids is 2. The summed E-state index contributed by atoms with van der Waals surface area (Å²) in [4.78, 5) is 37.3. The Morgan fingerprint density at radius 1 is 1.11 bits per heavy atom. The van der Waals surface area contributed by atoms with Crippen LogP contribution >= 0.6 is 11.6 Å². The topological polar surface area (TPSA) is 76.8 Å². The molecule has 27 heavy (non-hydrogen) atoms. The van der Waals surface area contributed by atoms with Crippen molar-refractivity contribution >= 4 is 40.1 Å². The van der Waals surface area contributed by atoms with E-state index < -0.39 is 17.5 Å². The number of amides is 1. The highest BCUT2D eigenvalue weighted by atomic mass is 35.5. The Balaban J connectivity index is 1.96. The highest BCUT2D eigenvalue weighted by molar-refractivity contribution is 6.30. The number of fused-ring (bicyclic) bond motifs is 1. The number of halogens is 1. The number of anilines is 1. The Hall–Kier alpha value is -3.12. The second-order valence-corrected chi connectivity index (χ2v) is 6.38. The van der Waals surface area contributed by atoms with E-state index in [1.165, 1.54) is 17.9 Å². The highest BCUT2D eigenvalue weighted by Crippen LogP contribution is 2.20. The van der Waals surface area contributed by atoms with E-state index in [4.69, 9.17) is 20.8 Å². The smallest absolute Gasteiger partial charge is 0.349 e. The Morgan fingerprint density at radius 3 is 2.48 bits per heavy atom. The van der Waals surface area contributed by atoms with E-state index in [0.29, 0.717) is 21.7 Å². The minimum atomic E-state index is -0.721. The SMILES string of the molecule is CC(=O)OCc1ccc2oc(=O)c(C(=O)N(C)c3ccc(Cl)cc3)cc2c1. The number of benzene rings is 2. The molecule has 0 aliphatic rings. The van der Waals surface area contributed by atoms with Crippen molar-refractivity contribution in [3.63, 3.8) is 0 Å². The summed E-state index contributed by atoms with van der Waals surface area (Å²) in [5.41, 5.74) is 0.839. The molecule has 6 nitrogen and oxygen atoms in total. The molecule has 0 aliphatic carbocycles. The van der Waals surface area contributed by atoms with Crippen molar-refractivity contribution in [1.29, 1.82) is 0 Å². The number of hydrogen-bond donors (Lipinski definition) is 0. The average Bonchev–Trinajstić information content (AvgIpc) is 2.65. The van der Waals surface area contributed by atoms with E-state index >= 15 is 0 Å². The standard InChI is InChI=1S/C20H16ClNO5/c1-12(23)26-11-13-3-8-18-14(9-13)10-17(20(25)27-18)19(24)22(2)16-6-4-15(21)5-7-16/h3-10H,11H2,1-2H3. The van der Waals surface area contributed by atoms with Crippen molar-refractivity contribution in [2.75, 3.05) is 11.9 Å². The molecule has 0 spiro atoms. The fraction of sp³-hybridized carbons (Fsp3) is 0.150. The predicted octanol–water partition coefficient (Wildman–Crippen LogP) is 3.79. The molecule has 0 N–H and O–H groups in total. The van der Waals surface area contributed by atoms with Gasteiger partial charge in [0.05, 0.1) is 0 Å². The van der Waals surface area contributed by atoms with Gasteiger partial charge in [0, 0.05) is 30.1 Å². The Morgan fingerprint density at radius 2 is 1.81 bits per heavy atom. The number of nitrogens with zero attached hydrogens (tertiary/aromatic N) is 1. The van der Waals surface area contributed by atoms with Gasteiger partial charge < -0.3 is 14.1 Å². The third-order valence-corrected chi connectivity index (χ3v) is 4.24. The lowest BCUT2D eigenvalue weighted by Crippen LogP contribution is -2.30. The van der Waals surface area contributed by atoms with Crippen molar-refractivity contribution in [1.82, 2.24) is 0 Å². The van der Waals surface area contributed by atoms with E-state index in [1.807, 2.05) is 0 Å². The van der Waals surface area contributed by atoms with Crippen LogP contribution in [-0.2, 0) is 16.1 Å². The molecular formula is C20H16ClNO5. The van der Waals surface area contributed by atoms with Crippen molar-refractivity contribution in [3.8, 4) is 0 Å². The lowest BCUT2D eigenvalue weighted by Gasteiger charge is -2.17. The van der Waals surface area contributed by atoms with Crippen LogP contribution in [-0.4, -0.2) is 18.9 Å². The van der Waals surface area contributed by atoms with Gasteiger partial charge in [-0.3, -0.25) is 9.59 Å². The van der Waals surface area contributed by atoms with Gasteiger partial charge in [-0.2, -0.15) is 0 Å². The minimum Gasteiger partial charge on any atom is -0.461 e. The van der Waals surface area contributed by atoms with Crippen LogP contribution in [0.5, 0.6) is 0 Å². The van der Waals surface area contributed by atoms with Crippen LogP contribution in [0.2, 0.25) is 5.02 Å². The molecule has 1 aromatic heterocycles. The first-order chi connectivity index (χ1) is 12.8. The number of rotatable bonds is 4. The van der Waals surface area contributed by atoms with E-state index in [1.54, 1.807) is 49.5 Å². The predicted molar refractivity (Wildman–Crippen MR) is 102 cm³/mol. The molecule has 138 valence electrons. The van der Waals surface area contributed by atoms with Crippen LogP contribution in [0.15, 0.2) is 57.7 Å². The second kappa shape index (κ2) is 7.63. The molecule has 0 radical (unpaired) electrons. The summed E-state index contributed by atoms with van der Waals surface area (Å²) in [6, 6.07) is 13.2. The quantitative estimate of drug-likeness (QED) is 0.504. The summed E-state index contributed by atoms with van der Waals surface area (Å²) < 4.78 is 10.2. The fourth-order valence-corrected chi connectivity index (χ4v) is 2.69. The zero-order valence-electron chi connectivity index (χ0n) is 14.7. The first kappa shape index (κ1) is 18.7. The lowest BCUT2D eigenvalue weighted by molar-refractivity contribution is -0.142. The number of carbonyl (C=O) groups is 2. The zero-order valence-corrected chi connectivity index (χ0v) is 15.4. The van der Waals surface area contributed by atoms with Crippen molar-refractivity contribution in [2.45, 2.75) is 13.5 Å². The second-order valence-electron chi connectivity index (χ2n) is 5.94. The van der Waals surface area contributed by atoms with Gasteiger partial charge in [-0.05, 0) is 48.0 Å². The van der Waals surface area contributed by atoms with E-state index in [9.17, 15) is 14.4 Å². The van der Waals surface area contributed by atoms with E-state index in [2.05, 4.69) is 0 Å². The minimum absolute atomic E-state index is 0.0930. The van der Waals surface area contributed by atoms with Gasteiger partial charge in [0.25, 0.3) is 5.91 Å². The van der Waals surface area contributed by atoms with Gasteiger partial charge in [-0.25, -0.2) is 4.79 Å². The van der Waals surface area contributed by atoms with Crippen LogP contribution in [0.3, 0.4) is 0 Å². The molecule has 0 bridgehead atoms. The maximum atomic E-state index is 12.8. The van der Waals surface area contributed by atoms with Crippen LogP contribution < -0.4 is 10.5 Å². The van der Waals surface area contributed by atoms with Crippen LogP contribution in [0.4, 0.5) is 5.69 Å². The maximum absolute atomic E-state index is 12.8. The number of ether oxygens (including phenoxy) is 1. The largest absolute Gasteiger partial charge is 0.461 e. The highest BCUT2D eigenvalue weighted by Gasteiger charge is 2.19. The first-order valence-corrected chi connectivity index (χ1v) is 8.47. The maximum Gasteiger partial charge on any atom is 0.349 e. The van der Waals surface area contributed by atoms with Crippen molar-refractivity contribution in [3.05, 3.63) is 75.1 Å². The Bertz CT molecular complexity index is 1070. The number of esters is 1. The Labute approximate surface area is 159 Å². The molecule has 1 heterocycles. The summed E-state index contributed by atoms with van der Waals surface area (Å²) >= 11 is 5.86. The van der Waals surface area contributed by atoms with Crippen LogP contribution in [0, 0.1) is 0 Å². The third-order valence-electron chi connectivity index (χ3n) is 3.99. The number of hydrogen-bond acceptors (Lipinski definition) is 5. The summed E-state index contributed by atoms with van der Waals surface area (Å²) in [5, 5.41) is 1.11. The van der Waals surface area contributed by atoms with E-state index in [0.717, 1.165) is 5.56 Å². The molecule has 1 amide bonds. The molecule has 2 aromatic carbocycles. The first-order valence-electron chi connectivity index (χ1n) is 8.09.